The molecule has 3 nitrogen and oxygen atoms in total. The Morgan fingerprint density at radius 3 is 2.92 bits per heavy atom. The van der Waals surface area contributed by atoms with E-state index in [-0.39, 0.29) is 11.9 Å². The number of phenols is 1. The van der Waals surface area contributed by atoms with Gasteiger partial charge in [0.05, 0.1) is 6.10 Å². The lowest BCUT2D eigenvalue weighted by molar-refractivity contribution is 0.213. The Morgan fingerprint density at radius 2 is 2.31 bits per heavy atom. The summed E-state index contributed by atoms with van der Waals surface area (Å²) in [6.45, 7) is 2.57. The minimum Gasteiger partial charge on any atom is -0.508 e. The van der Waals surface area contributed by atoms with E-state index in [0.717, 1.165) is 6.42 Å². The molecule has 0 aliphatic carbocycles. The summed E-state index contributed by atoms with van der Waals surface area (Å²) < 4.78 is 5.50. The molecule has 0 bridgehead atoms. The Kier molecular flexibility index (Phi) is 3.58. The van der Waals surface area contributed by atoms with Gasteiger partial charge in [-0.15, -0.1) is 0 Å². The highest BCUT2D eigenvalue weighted by molar-refractivity contribution is 5.31. The number of benzene rings is 1. The van der Waals surface area contributed by atoms with Crippen LogP contribution in [0.2, 0.25) is 0 Å². The van der Waals surface area contributed by atoms with E-state index in [2.05, 4.69) is 0 Å². The standard InChI is InChI=1S/C10H15NO2/c1-8(5-6-11)13-10-4-2-3-9(12)7-10/h2-4,7-8,12H,5-6,11H2,1H3. The van der Waals surface area contributed by atoms with Gasteiger partial charge in [-0.05, 0) is 32.0 Å². The molecule has 0 saturated heterocycles. The molecule has 13 heavy (non-hydrogen) atoms. The highest BCUT2D eigenvalue weighted by Gasteiger charge is 2.02. The molecule has 0 spiro atoms. The average Bonchev–Trinajstić information content (AvgIpc) is 2.04. The Labute approximate surface area is 78.1 Å². The number of phenolic OH excluding ortho intramolecular Hbond substituents is 1. The van der Waals surface area contributed by atoms with Crippen molar-refractivity contribution in [3.63, 3.8) is 0 Å². The van der Waals surface area contributed by atoms with Crippen molar-refractivity contribution >= 4 is 0 Å². The van der Waals surface area contributed by atoms with E-state index in [1.807, 2.05) is 13.0 Å². The van der Waals surface area contributed by atoms with Gasteiger partial charge in [-0.1, -0.05) is 6.07 Å². The Hall–Kier alpha value is -1.22. The van der Waals surface area contributed by atoms with Gasteiger partial charge in [-0.2, -0.15) is 0 Å². The Bertz CT molecular complexity index is 263. The minimum absolute atomic E-state index is 0.0896. The lowest BCUT2D eigenvalue weighted by Gasteiger charge is -2.13. The molecule has 0 fully saturated rings. The van der Waals surface area contributed by atoms with Gasteiger partial charge in [0.1, 0.15) is 11.5 Å². The van der Waals surface area contributed by atoms with Crippen molar-refractivity contribution in [1.82, 2.24) is 0 Å². The van der Waals surface area contributed by atoms with Gasteiger partial charge in [0.2, 0.25) is 0 Å². The summed E-state index contributed by atoms with van der Waals surface area (Å²) in [5, 5.41) is 9.15. The van der Waals surface area contributed by atoms with Crippen LogP contribution in [0.1, 0.15) is 13.3 Å². The fraction of sp³-hybridized carbons (Fsp3) is 0.400. The molecule has 1 aromatic rings. The van der Waals surface area contributed by atoms with E-state index in [4.69, 9.17) is 15.6 Å². The van der Waals surface area contributed by atoms with Crippen LogP contribution < -0.4 is 10.5 Å². The number of aromatic hydroxyl groups is 1. The number of nitrogens with two attached hydrogens (primary N) is 1. The molecule has 0 aromatic heterocycles. The third-order valence-electron chi connectivity index (χ3n) is 1.73. The molecule has 1 unspecified atom stereocenters. The van der Waals surface area contributed by atoms with E-state index in [9.17, 15) is 0 Å². The largest absolute Gasteiger partial charge is 0.508 e. The zero-order valence-corrected chi connectivity index (χ0v) is 7.73. The summed E-state index contributed by atoms with van der Waals surface area (Å²) >= 11 is 0. The molecule has 1 rings (SSSR count). The first kappa shape index (κ1) is 9.86. The number of rotatable bonds is 4. The monoisotopic (exact) mass is 181 g/mol. The number of hydrogen-bond acceptors (Lipinski definition) is 3. The predicted octanol–water partition coefficient (Wildman–Crippen LogP) is 1.51. The summed E-state index contributed by atoms with van der Waals surface area (Å²) in [4.78, 5) is 0. The lowest BCUT2D eigenvalue weighted by atomic mass is 10.3. The summed E-state index contributed by atoms with van der Waals surface area (Å²) in [5.74, 6) is 0.901. The van der Waals surface area contributed by atoms with Crippen molar-refractivity contribution < 1.29 is 9.84 Å². The molecule has 1 atom stereocenters. The molecule has 0 aliphatic heterocycles. The molecular weight excluding hydrogens is 166 g/mol. The summed E-state index contributed by atoms with van der Waals surface area (Å²) in [6, 6.07) is 6.76. The number of ether oxygens (including phenoxy) is 1. The van der Waals surface area contributed by atoms with Crippen LogP contribution in [0.4, 0.5) is 0 Å². The molecule has 0 amide bonds. The Morgan fingerprint density at radius 1 is 1.54 bits per heavy atom. The second kappa shape index (κ2) is 4.72. The van der Waals surface area contributed by atoms with Gasteiger partial charge in [0.15, 0.2) is 0 Å². The van der Waals surface area contributed by atoms with Crippen molar-refractivity contribution in [2.75, 3.05) is 6.54 Å². The first-order valence-corrected chi connectivity index (χ1v) is 4.38. The van der Waals surface area contributed by atoms with Gasteiger partial charge in [-0.3, -0.25) is 0 Å². The first-order valence-electron chi connectivity index (χ1n) is 4.38. The van der Waals surface area contributed by atoms with Gasteiger partial charge in [0.25, 0.3) is 0 Å². The van der Waals surface area contributed by atoms with Crippen LogP contribution in [0.3, 0.4) is 0 Å². The molecule has 0 heterocycles. The minimum atomic E-state index is 0.0896. The van der Waals surface area contributed by atoms with Crippen molar-refractivity contribution in [3.05, 3.63) is 24.3 Å². The molecule has 0 aliphatic rings. The average molecular weight is 181 g/mol. The van der Waals surface area contributed by atoms with Crippen molar-refractivity contribution in [1.29, 1.82) is 0 Å². The maximum Gasteiger partial charge on any atom is 0.123 e. The second-order valence-corrected chi connectivity index (χ2v) is 3.00. The van der Waals surface area contributed by atoms with Crippen molar-refractivity contribution in [3.8, 4) is 11.5 Å². The second-order valence-electron chi connectivity index (χ2n) is 3.00. The summed E-state index contributed by atoms with van der Waals surface area (Å²) in [7, 11) is 0. The van der Waals surface area contributed by atoms with Gasteiger partial charge in [0, 0.05) is 6.07 Å². The summed E-state index contributed by atoms with van der Waals surface area (Å²) in [5.41, 5.74) is 5.38. The number of hydrogen-bond donors (Lipinski definition) is 2. The van der Waals surface area contributed by atoms with E-state index in [1.165, 1.54) is 0 Å². The van der Waals surface area contributed by atoms with Gasteiger partial charge in [-0.25, -0.2) is 0 Å². The third-order valence-corrected chi connectivity index (χ3v) is 1.73. The van der Waals surface area contributed by atoms with Crippen LogP contribution in [0.25, 0.3) is 0 Å². The predicted molar refractivity (Wildman–Crippen MR) is 51.9 cm³/mol. The van der Waals surface area contributed by atoms with Crippen LogP contribution in [-0.2, 0) is 0 Å². The Balaban J connectivity index is 2.53. The zero-order valence-electron chi connectivity index (χ0n) is 7.73. The molecule has 0 saturated carbocycles. The zero-order chi connectivity index (χ0) is 9.68. The normalized spacial score (nSPS) is 12.5. The molecule has 3 heteroatoms. The lowest BCUT2D eigenvalue weighted by Crippen LogP contribution is -2.16. The molecule has 1 aromatic carbocycles. The van der Waals surface area contributed by atoms with E-state index in [0.29, 0.717) is 12.3 Å². The van der Waals surface area contributed by atoms with Gasteiger partial charge < -0.3 is 15.6 Å². The topological polar surface area (TPSA) is 55.5 Å². The van der Waals surface area contributed by atoms with Crippen LogP contribution in [0, 0.1) is 0 Å². The van der Waals surface area contributed by atoms with Crippen LogP contribution in [0.15, 0.2) is 24.3 Å². The SMILES string of the molecule is CC(CCN)Oc1cccc(O)c1. The maximum absolute atomic E-state index is 9.15. The first-order chi connectivity index (χ1) is 6.22. The highest BCUT2D eigenvalue weighted by Crippen LogP contribution is 2.19. The van der Waals surface area contributed by atoms with Crippen LogP contribution in [0.5, 0.6) is 11.5 Å². The van der Waals surface area contributed by atoms with E-state index < -0.39 is 0 Å². The van der Waals surface area contributed by atoms with Crippen molar-refractivity contribution in [2.24, 2.45) is 5.73 Å². The molecule has 3 N–H and O–H groups in total. The van der Waals surface area contributed by atoms with Gasteiger partial charge >= 0.3 is 0 Å². The third kappa shape index (κ3) is 3.34. The maximum atomic E-state index is 9.15. The molecule has 0 radical (unpaired) electrons. The molecular formula is C10H15NO2. The summed E-state index contributed by atoms with van der Waals surface area (Å²) in [6.07, 6.45) is 0.905. The van der Waals surface area contributed by atoms with Crippen molar-refractivity contribution in [2.45, 2.75) is 19.4 Å². The fourth-order valence-electron chi connectivity index (χ4n) is 1.08. The highest BCUT2D eigenvalue weighted by atomic mass is 16.5. The smallest absolute Gasteiger partial charge is 0.123 e. The van der Waals surface area contributed by atoms with Crippen LogP contribution in [-0.4, -0.2) is 17.8 Å². The van der Waals surface area contributed by atoms with E-state index >= 15 is 0 Å². The van der Waals surface area contributed by atoms with E-state index in [1.54, 1.807) is 18.2 Å². The molecule has 72 valence electrons. The fourth-order valence-corrected chi connectivity index (χ4v) is 1.08. The van der Waals surface area contributed by atoms with Crippen LogP contribution >= 0.6 is 0 Å². The quantitative estimate of drug-likeness (QED) is 0.740.